The smallest absolute Gasteiger partial charge is 0.335 e. The summed E-state index contributed by atoms with van der Waals surface area (Å²) in [5.74, 6) is -0.210. The normalized spacial score (nSPS) is 19.3. The number of carbonyl (C=O) groups is 1. The lowest BCUT2D eigenvalue weighted by molar-refractivity contribution is 0.0696. The van der Waals surface area contributed by atoms with Gasteiger partial charge in [0.05, 0.1) is 5.56 Å². The molecule has 1 heterocycles. The van der Waals surface area contributed by atoms with Gasteiger partial charge in [0.2, 0.25) is 0 Å². The largest absolute Gasteiger partial charge is 0.478 e. The van der Waals surface area contributed by atoms with Gasteiger partial charge in [-0.25, -0.2) is 4.79 Å². The maximum absolute atomic E-state index is 10.9. The highest BCUT2D eigenvalue weighted by Crippen LogP contribution is 2.25. The lowest BCUT2D eigenvalue weighted by atomic mass is 9.92. The fourth-order valence-electron chi connectivity index (χ4n) is 2.15. The molecule has 18 heavy (non-hydrogen) atoms. The molecule has 0 bridgehead atoms. The average molecular weight is 269 g/mol. The maximum atomic E-state index is 10.9. The number of carboxylic acids is 1. The lowest BCUT2D eigenvalue weighted by Crippen LogP contribution is -2.21. The van der Waals surface area contributed by atoms with Crippen LogP contribution in [0.25, 0.3) is 0 Å². The van der Waals surface area contributed by atoms with Crippen LogP contribution < -0.4 is 5.73 Å². The van der Waals surface area contributed by atoms with E-state index in [2.05, 4.69) is 4.99 Å². The Morgan fingerprint density at radius 1 is 1.39 bits per heavy atom. The summed E-state index contributed by atoms with van der Waals surface area (Å²) >= 11 is 0. The first kappa shape index (κ1) is 14.5. The third-order valence-electron chi connectivity index (χ3n) is 3.09. The standard InChI is InChI=1S/C13H16N2O2.ClH/c14-12-11(6-1-2-7-15-12)9-4-3-5-10(8-9)13(16)17;/h3-5,8,11H,1-2,6-7H2,(H2,14,15)(H,16,17);1H. The molecule has 1 aliphatic rings. The summed E-state index contributed by atoms with van der Waals surface area (Å²) < 4.78 is 0. The van der Waals surface area contributed by atoms with Crippen LogP contribution in [0.15, 0.2) is 29.3 Å². The van der Waals surface area contributed by atoms with Crippen LogP contribution in [-0.4, -0.2) is 23.5 Å². The molecule has 0 radical (unpaired) electrons. The number of hydrogen-bond donors (Lipinski definition) is 2. The molecule has 1 aromatic carbocycles. The molecule has 3 N–H and O–H groups in total. The van der Waals surface area contributed by atoms with Crippen LogP contribution in [0.4, 0.5) is 0 Å². The van der Waals surface area contributed by atoms with Gasteiger partial charge in [0.25, 0.3) is 0 Å². The number of aliphatic imine (C=N–C) groups is 1. The summed E-state index contributed by atoms with van der Waals surface area (Å²) in [6, 6.07) is 6.97. The van der Waals surface area contributed by atoms with Gasteiger partial charge in [0, 0.05) is 12.5 Å². The molecule has 1 aliphatic heterocycles. The summed E-state index contributed by atoms with van der Waals surface area (Å²) in [6.07, 6.45) is 3.07. The van der Waals surface area contributed by atoms with Gasteiger partial charge < -0.3 is 10.8 Å². The van der Waals surface area contributed by atoms with Crippen LogP contribution in [0.2, 0.25) is 0 Å². The minimum atomic E-state index is -0.906. The predicted molar refractivity (Wildman–Crippen MR) is 73.7 cm³/mol. The van der Waals surface area contributed by atoms with E-state index in [-0.39, 0.29) is 18.3 Å². The Morgan fingerprint density at radius 2 is 2.17 bits per heavy atom. The molecular weight excluding hydrogens is 252 g/mol. The zero-order valence-electron chi connectivity index (χ0n) is 10.0. The molecule has 0 fully saturated rings. The van der Waals surface area contributed by atoms with E-state index in [0.29, 0.717) is 11.4 Å². The Labute approximate surface area is 112 Å². The van der Waals surface area contributed by atoms with Crippen LogP contribution in [-0.2, 0) is 0 Å². The Kier molecular flexibility index (Phi) is 5.16. The third kappa shape index (κ3) is 3.23. The number of benzene rings is 1. The van der Waals surface area contributed by atoms with Gasteiger partial charge >= 0.3 is 5.97 Å². The van der Waals surface area contributed by atoms with E-state index in [1.54, 1.807) is 18.2 Å². The van der Waals surface area contributed by atoms with Gasteiger partial charge in [0.15, 0.2) is 0 Å². The SMILES string of the molecule is Cl.NC1=NCCCCC1c1cccc(C(=O)O)c1. The van der Waals surface area contributed by atoms with Crippen molar-refractivity contribution in [1.82, 2.24) is 0 Å². The monoisotopic (exact) mass is 268 g/mol. The van der Waals surface area contributed by atoms with E-state index < -0.39 is 5.97 Å². The van der Waals surface area contributed by atoms with Crippen molar-refractivity contribution in [3.05, 3.63) is 35.4 Å². The van der Waals surface area contributed by atoms with E-state index in [4.69, 9.17) is 10.8 Å². The van der Waals surface area contributed by atoms with Gasteiger partial charge in [-0.2, -0.15) is 0 Å². The average Bonchev–Trinajstić information content (AvgIpc) is 2.54. The molecular formula is C13H17ClN2O2. The molecule has 1 aromatic rings. The number of aromatic carboxylic acids is 1. The Morgan fingerprint density at radius 3 is 2.89 bits per heavy atom. The van der Waals surface area contributed by atoms with Crippen molar-refractivity contribution in [3.8, 4) is 0 Å². The van der Waals surface area contributed by atoms with Gasteiger partial charge in [-0.3, -0.25) is 4.99 Å². The van der Waals surface area contributed by atoms with E-state index in [9.17, 15) is 4.79 Å². The Hall–Kier alpha value is -1.55. The van der Waals surface area contributed by atoms with E-state index in [0.717, 1.165) is 31.4 Å². The van der Waals surface area contributed by atoms with Crippen molar-refractivity contribution in [2.24, 2.45) is 10.7 Å². The van der Waals surface area contributed by atoms with E-state index in [1.807, 2.05) is 6.07 Å². The minimum Gasteiger partial charge on any atom is -0.478 e. The number of halogens is 1. The molecule has 0 saturated carbocycles. The summed E-state index contributed by atoms with van der Waals surface area (Å²) in [7, 11) is 0. The lowest BCUT2D eigenvalue weighted by Gasteiger charge is -2.15. The van der Waals surface area contributed by atoms with Crippen LogP contribution in [0, 0.1) is 0 Å². The first-order valence-electron chi connectivity index (χ1n) is 5.81. The number of amidine groups is 1. The van der Waals surface area contributed by atoms with Crippen LogP contribution in [0.3, 0.4) is 0 Å². The van der Waals surface area contributed by atoms with Crippen LogP contribution in [0.5, 0.6) is 0 Å². The van der Waals surface area contributed by atoms with Gasteiger partial charge in [-0.15, -0.1) is 12.4 Å². The number of nitrogens with zero attached hydrogens (tertiary/aromatic N) is 1. The van der Waals surface area contributed by atoms with Crippen molar-refractivity contribution in [2.75, 3.05) is 6.54 Å². The van der Waals surface area contributed by atoms with Crippen molar-refractivity contribution >= 4 is 24.2 Å². The van der Waals surface area contributed by atoms with Crippen LogP contribution in [0.1, 0.15) is 41.1 Å². The number of hydrogen-bond acceptors (Lipinski definition) is 3. The van der Waals surface area contributed by atoms with Gasteiger partial charge in [-0.1, -0.05) is 18.6 Å². The highest BCUT2D eigenvalue weighted by Gasteiger charge is 2.18. The van der Waals surface area contributed by atoms with Gasteiger partial charge in [0.1, 0.15) is 5.84 Å². The topological polar surface area (TPSA) is 75.7 Å². The Bertz CT molecular complexity index is 460. The summed E-state index contributed by atoms with van der Waals surface area (Å²) in [4.78, 5) is 15.2. The summed E-state index contributed by atoms with van der Waals surface area (Å²) in [5.41, 5.74) is 7.20. The molecule has 0 aromatic heterocycles. The molecule has 2 rings (SSSR count). The fraction of sp³-hybridized carbons (Fsp3) is 0.385. The number of carboxylic acid groups (broad SMARTS) is 1. The highest BCUT2D eigenvalue weighted by atomic mass is 35.5. The van der Waals surface area contributed by atoms with Crippen molar-refractivity contribution < 1.29 is 9.90 Å². The second-order valence-corrected chi connectivity index (χ2v) is 4.29. The van der Waals surface area contributed by atoms with Crippen molar-refractivity contribution in [2.45, 2.75) is 25.2 Å². The van der Waals surface area contributed by atoms with E-state index in [1.165, 1.54) is 0 Å². The van der Waals surface area contributed by atoms with Gasteiger partial charge in [-0.05, 0) is 30.5 Å². The number of nitrogens with two attached hydrogens (primary N) is 1. The fourth-order valence-corrected chi connectivity index (χ4v) is 2.15. The third-order valence-corrected chi connectivity index (χ3v) is 3.09. The van der Waals surface area contributed by atoms with E-state index >= 15 is 0 Å². The summed E-state index contributed by atoms with van der Waals surface area (Å²) in [5, 5.41) is 8.97. The molecule has 0 spiro atoms. The number of rotatable bonds is 2. The molecule has 1 atom stereocenters. The molecule has 0 amide bonds. The van der Waals surface area contributed by atoms with Crippen molar-refractivity contribution in [1.29, 1.82) is 0 Å². The minimum absolute atomic E-state index is 0. The molecule has 0 saturated heterocycles. The highest BCUT2D eigenvalue weighted by molar-refractivity contribution is 5.90. The first-order valence-corrected chi connectivity index (χ1v) is 5.81. The second-order valence-electron chi connectivity index (χ2n) is 4.29. The van der Waals surface area contributed by atoms with Crippen molar-refractivity contribution in [3.63, 3.8) is 0 Å². The predicted octanol–water partition coefficient (Wildman–Crippen LogP) is 2.43. The quantitative estimate of drug-likeness (QED) is 0.865. The molecule has 98 valence electrons. The molecule has 1 unspecified atom stereocenters. The molecule has 4 nitrogen and oxygen atoms in total. The molecule has 5 heteroatoms. The van der Waals surface area contributed by atoms with Crippen LogP contribution >= 0.6 is 12.4 Å². The second kappa shape index (κ2) is 6.40. The first-order chi connectivity index (χ1) is 8.18. The Balaban J connectivity index is 0.00000162. The molecule has 0 aliphatic carbocycles. The zero-order chi connectivity index (χ0) is 12.3. The zero-order valence-corrected chi connectivity index (χ0v) is 10.8. The maximum Gasteiger partial charge on any atom is 0.335 e. The summed E-state index contributed by atoms with van der Waals surface area (Å²) in [6.45, 7) is 0.779.